The summed E-state index contributed by atoms with van der Waals surface area (Å²) in [5.41, 5.74) is 2.42. The van der Waals surface area contributed by atoms with Crippen molar-refractivity contribution in [2.45, 2.75) is 65.3 Å². The molecule has 0 spiro atoms. The van der Waals surface area contributed by atoms with Gasteiger partial charge in [-0.05, 0) is 31.9 Å². The van der Waals surface area contributed by atoms with E-state index in [1.165, 1.54) is 5.56 Å². The fourth-order valence-corrected chi connectivity index (χ4v) is 4.94. The van der Waals surface area contributed by atoms with Crippen molar-refractivity contribution in [1.29, 1.82) is 0 Å². The zero-order valence-corrected chi connectivity index (χ0v) is 18.2. The van der Waals surface area contributed by atoms with Gasteiger partial charge in [0, 0.05) is 42.5 Å². The molecule has 1 aromatic carbocycles. The number of hydrogen-bond acceptors (Lipinski definition) is 4. The van der Waals surface area contributed by atoms with Gasteiger partial charge in [0.25, 0.3) is 0 Å². The molecule has 2 N–H and O–H groups in total. The lowest BCUT2D eigenvalue weighted by Crippen LogP contribution is -2.67. The van der Waals surface area contributed by atoms with Crippen LogP contribution < -0.4 is 15.4 Å². The third kappa shape index (κ3) is 4.24. The van der Waals surface area contributed by atoms with Crippen LogP contribution in [0.2, 0.25) is 0 Å². The number of fused-ring (bicyclic) bond motifs is 1. The second kappa shape index (κ2) is 8.52. The van der Waals surface area contributed by atoms with Gasteiger partial charge in [-0.2, -0.15) is 0 Å². The third-order valence-electron chi connectivity index (χ3n) is 6.55. The van der Waals surface area contributed by atoms with Gasteiger partial charge in [-0.15, -0.1) is 0 Å². The van der Waals surface area contributed by atoms with Crippen LogP contribution in [0, 0.1) is 18.3 Å². The van der Waals surface area contributed by atoms with Crippen molar-refractivity contribution < 1.29 is 14.2 Å². The molecule has 160 valence electrons. The van der Waals surface area contributed by atoms with Gasteiger partial charge in [0.05, 0.1) is 25.9 Å². The van der Waals surface area contributed by atoms with Crippen LogP contribution in [0.5, 0.6) is 5.75 Å². The minimum Gasteiger partial charge on any atom is -0.488 e. The Labute approximate surface area is 174 Å². The van der Waals surface area contributed by atoms with E-state index in [1.807, 2.05) is 0 Å². The first-order valence-electron chi connectivity index (χ1n) is 11.0. The Hall–Kier alpha value is -1.79. The summed E-state index contributed by atoms with van der Waals surface area (Å²) < 4.78 is 17.6. The molecule has 1 aromatic rings. The van der Waals surface area contributed by atoms with Crippen LogP contribution in [0.15, 0.2) is 23.2 Å². The molecule has 1 saturated carbocycles. The second-order valence-electron chi connectivity index (χ2n) is 9.10. The molecule has 2 heterocycles. The fraction of sp³-hybridized carbons (Fsp3) is 0.696. The summed E-state index contributed by atoms with van der Waals surface area (Å²) in [6, 6.07) is 6.75. The molecule has 6 heteroatoms. The molecule has 1 aliphatic carbocycles. The van der Waals surface area contributed by atoms with Crippen molar-refractivity contribution in [3.63, 3.8) is 0 Å². The van der Waals surface area contributed by atoms with E-state index in [2.05, 4.69) is 56.5 Å². The van der Waals surface area contributed by atoms with Crippen LogP contribution in [0.1, 0.15) is 44.7 Å². The average Bonchev–Trinajstić information content (AvgIpc) is 3.36. The molecule has 2 aliphatic heterocycles. The van der Waals surface area contributed by atoms with Crippen LogP contribution in [-0.4, -0.2) is 50.6 Å². The Kier molecular flexibility index (Phi) is 6.02. The van der Waals surface area contributed by atoms with E-state index in [0.717, 1.165) is 49.9 Å². The molecular formula is C23H35N3O3. The number of benzene rings is 1. The first-order valence-corrected chi connectivity index (χ1v) is 11.0. The Morgan fingerprint density at radius 3 is 2.90 bits per heavy atom. The molecule has 3 aliphatic rings. The average molecular weight is 402 g/mol. The van der Waals surface area contributed by atoms with Crippen LogP contribution >= 0.6 is 0 Å². The van der Waals surface area contributed by atoms with E-state index in [9.17, 15) is 0 Å². The summed E-state index contributed by atoms with van der Waals surface area (Å²) in [4.78, 5) is 4.89. The molecule has 3 fully saturated rings. The van der Waals surface area contributed by atoms with Gasteiger partial charge >= 0.3 is 0 Å². The molecule has 0 radical (unpaired) electrons. The van der Waals surface area contributed by atoms with Crippen molar-refractivity contribution >= 4 is 5.96 Å². The number of rotatable bonds is 6. The summed E-state index contributed by atoms with van der Waals surface area (Å²) in [6.45, 7) is 12.5. The van der Waals surface area contributed by atoms with Crippen LogP contribution in [0.3, 0.4) is 0 Å². The summed E-state index contributed by atoms with van der Waals surface area (Å²) in [5, 5.41) is 7.10. The molecular weight excluding hydrogens is 366 g/mol. The van der Waals surface area contributed by atoms with Crippen molar-refractivity contribution in [1.82, 2.24) is 10.6 Å². The maximum absolute atomic E-state index is 6.23. The SMILES string of the molecule is CCNC(=NCc1ccc(C)cc1OC1CCOC1)NC1C2CCOC2C1(C)C. The number of aliphatic imine (C=N–C) groups is 1. The van der Waals surface area contributed by atoms with Gasteiger partial charge in [0.1, 0.15) is 11.9 Å². The summed E-state index contributed by atoms with van der Waals surface area (Å²) in [6.07, 6.45) is 2.59. The van der Waals surface area contributed by atoms with Crippen molar-refractivity contribution in [2.24, 2.45) is 16.3 Å². The predicted molar refractivity (Wildman–Crippen MR) is 114 cm³/mol. The van der Waals surface area contributed by atoms with E-state index < -0.39 is 0 Å². The zero-order chi connectivity index (χ0) is 20.4. The maximum Gasteiger partial charge on any atom is 0.191 e. The van der Waals surface area contributed by atoms with Crippen LogP contribution in [-0.2, 0) is 16.0 Å². The predicted octanol–water partition coefficient (Wildman–Crippen LogP) is 3.03. The summed E-state index contributed by atoms with van der Waals surface area (Å²) >= 11 is 0. The van der Waals surface area contributed by atoms with Crippen LogP contribution in [0.25, 0.3) is 0 Å². The third-order valence-corrected chi connectivity index (χ3v) is 6.55. The van der Waals surface area contributed by atoms with Gasteiger partial charge in [-0.1, -0.05) is 26.0 Å². The monoisotopic (exact) mass is 401 g/mol. The zero-order valence-electron chi connectivity index (χ0n) is 18.2. The molecule has 4 rings (SSSR count). The molecule has 29 heavy (non-hydrogen) atoms. The van der Waals surface area contributed by atoms with Gasteiger partial charge in [-0.3, -0.25) is 0 Å². The molecule has 4 unspecified atom stereocenters. The molecule has 6 nitrogen and oxygen atoms in total. The summed E-state index contributed by atoms with van der Waals surface area (Å²) in [7, 11) is 0. The highest BCUT2D eigenvalue weighted by Gasteiger charge is 2.59. The van der Waals surface area contributed by atoms with E-state index in [4.69, 9.17) is 19.2 Å². The van der Waals surface area contributed by atoms with E-state index in [1.54, 1.807) is 0 Å². The Bertz CT molecular complexity index is 743. The maximum atomic E-state index is 6.23. The molecule has 4 atom stereocenters. The minimum absolute atomic E-state index is 0.123. The Morgan fingerprint density at radius 1 is 1.28 bits per heavy atom. The smallest absolute Gasteiger partial charge is 0.191 e. The molecule has 0 bridgehead atoms. The van der Waals surface area contributed by atoms with Crippen molar-refractivity contribution in [3.05, 3.63) is 29.3 Å². The molecule has 2 saturated heterocycles. The standard InChI is InChI=1S/C23H35N3O3/c1-5-24-22(26-20-18-9-11-28-21(18)23(20,3)4)25-13-16-7-6-15(2)12-19(16)29-17-8-10-27-14-17/h6-7,12,17-18,20-21H,5,8-11,13-14H2,1-4H3,(H2,24,25,26). The number of aryl methyl sites for hydroxylation is 1. The number of hydrogen-bond donors (Lipinski definition) is 2. The number of nitrogens with one attached hydrogen (secondary N) is 2. The largest absolute Gasteiger partial charge is 0.488 e. The highest BCUT2D eigenvalue weighted by atomic mass is 16.5. The summed E-state index contributed by atoms with van der Waals surface area (Å²) in [5.74, 6) is 2.37. The van der Waals surface area contributed by atoms with Gasteiger partial charge in [0.2, 0.25) is 0 Å². The fourth-order valence-electron chi connectivity index (χ4n) is 4.94. The van der Waals surface area contributed by atoms with E-state index in [0.29, 0.717) is 31.2 Å². The molecule has 0 amide bonds. The Balaban J connectivity index is 1.46. The lowest BCUT2D eigenvalue weighted by molar-refractivity contribution is -0.106. The highest BCUT2D eigenvalue weighted by molar-refractivity contribution is 5.80. The first-order chi connectivity index (χ1) is 14.0. The van der Waals surface area contributed by atoms with Crippen LogP contribution in [0.4, 0.5) is 0 Å². The normalized spacial score (nSPS) is 30.6. The van der Waals surface area contributed by atoms with Crippen molar-refractivity contribution in [2.75, 3.05) is 26.4 Å². The van der Waals surface area contributed by atoms with Gasteiger partial charge in [-0.25, -0.2) is 4.99 Å². The second-order valence-corrected chi connectivity index (χ2v) is 9.10. The van der Waals surface area contributed by atoms with Crippen molar-refractivity contribution in [3.8, 4) is 5.75 Å². The van der Waals surface area contributed by atoms with E-state index >= 15 is 0 Å². The quantitative estimate of drug-likeness (QED) is 0.567. The minimum atomic E-state index is 0.123. The number of ether oxygens (including phenoxy) is 3. The Morgan fingerprint density at radius 2 is 2.14 bits per heavy atom. The van der Waals surface area contributed by atoms with Gasteiger partial charge in [0.15, 0.2) is 5.96 Å². The lowest BCUT2D eigenvalue weighted by atomic mass is 9.57. The number of nitrogens with zero attached hydrogens (tertiary/aromatic N) is 1. The van der Waals surface area contributed by atoms with E-state index in [-0.39, 0.29) is 11.5 Å². The topological polar surface area (TPSA) is 64.1 Å². The highest BCUT2D eigenvalue weighted by Crippen LogP contribution is 2.52. The number of guanidine groups is 1. The first kappa shape index (κ1) is 20.5. The lowest BCUT2D eigenvalue weighted by Gasteiger charge is -2.54. The molecule has 0 aromatic heterocycles. The van der Waals surface area contributed by atoms with Gasteiger partial charge < -0.3 is 24.8 Å².